The largest absolute Gasteiger partial charge is 0.478 e. The van der Waals surface area contributed by atoms with Gasteiger partial charge >= 0.3 is 11.9 Å². The number of carboxylic acid groups (broad SMARTS) is 2. The minimum absolute atomic E-state index is 0.125. The van der Waals surface area contributed by atoms with Crippen molar-refractivity contribution in [2.24, 2.45) is 11.8 Å². The van der Waals surface area contributed by atoms with Gasteiger partial charge in [0.1, 0.15) is 0 Å². The van der Waals surface area contributed by atoms with Crippen molar-refractivity contribution >= 4 is 11.9 Å². The van der Waals surface area contributed by atoms with Crippen LogP contribution in [0.2, 0.25) is 0 Å². The van der Waals surface area contributed by atoms with Crippen LogP contribution in [0.25, 0.3) is 0 Å². The average molecular weight is 341 g/mol. The number of unbranched alkanes of at least 4 members (excludes halogenated alkanes) is 2. The van der Waals surface area contributed by atoms with E-state index in [2.05, 4.69) is 27.7 Å². The summed E-state index contributed by atoms with van der Waals surface area (Å²) in [5, 5.41) is 19.2. The number of carboxylic acids is 2. The van der Waals surface area contributed by atoms with Crippen LogP contribution >= 0.6 is 0 Å². The topological polar surface area (TPSA) is 74.6 Å². The second kappa shape index (κ2) is 13.0. The van der Waals surface area contributed by atoms with Gasteiger partial charge in [-0.05, 0) is 24.7 Å². The molecule has 0 aromatic carbocycles. The summed E-state index contributed by atoms with van der Waals surface area (Å²) in [6.45, 7) is 8.33. The van der Waals surface area contributed by atoms with E-state index >= 15 is 0 Å². The molecule has 140 valence electrons. The molecular formula is C20H36O4. The molecule has 0 heterocycles. The molecule has 0 radical (unpaired) electrons. The Balaban J connectivity index is 5.39. The molecule has 0 saturated carbocycles. The zero-order valence-corrected chi connectivity index (χ0v) is 15.9. The smallest absolute Gasteiger partial charge is 0.332 e. The number of rotatable bonds is 14. The lowest BCUT2D eigenvalue weighted by Gasteiger charge is -2.19. The van der Waals surface area contributed by atoms with Gasteiger partial charge in [-0.15, -0.1) is 0 Å². The fraction of sp³-hybridized carbons (Fsp3) is 0.800. The van der Waals surface area contributed by atoms with Gasteiger partial charge in [0.25, 0.3) is 0 Å². The summed E-state index contributed by atoms with van der Waals surface area (Å²) in [5.41, 5.74) is 0.251. The third kappa shape index (κ3) is 8.51. The highest BCUT2D eigenvalue weighted by Gasteiger charge is 2.25. The molecule has 0 fully saturated rings. The normalized spacial score (nSPS) is 14.8. The predicted molar refractivity (Wildman–Crippen MR) is 98.1 cm³/mol. The Hall–Kier alpha value is -1.32. The number of hydrogen-bond donors (Lipinski definition) is 2. The number of hydrogen-bond acceptors (Lipinski definition) is 2. The molecule has 4 heteroatoms. The fourth-order valence-corrected chi connectivity index (χ4v) is 3.14. The maximum absolute atomic E-state index is 11.7. The average Bonchev–Trinajstić information content (AvgIpc) is 2.55. The van der Waals surface area contributed by atoms with Crippen molar-refractivity contribution in [3.8, 4) is 0 Å². The molecule has 0 rings (SSSR count). The quantitative estimate of drug-likeness (QED) is 0.400. The number of aliphatic carboxylic acids is 2. The summed E-state index contributed by atoms with van der Waals surface area (Å²) in [4.78, 5) is 23.5. The monoisotopic (exact) mass is 340 g/mol. The van der Waals surface area contributed by atoms with E-state index in [4.69, 9.17) is 0 Å². The van der Waals surface area contributed by atoms with Gasteiger partial charge in [-0.1, -0.05) is 79.1 Å². The SMILES string of the molecule is CCCC[C@H](CC)C/C(C(=O)O)=C(\C[C@@H](CC)CCCC)C(=O)O. The van der Waals surface area contributed by atoms with Crippen LogP contribution in [-0.4, -0.2) is 22.2 Å². The van der Waals surface area contributed by atoms with E-state index in [1.165, 1.54) is 0 Å². The summed E-state index contributed by atoms with van der Waals surface area (Å²) in [5.74, 6) is -1.62. The maximum Gasteiger partial charge on any atom is 0.332 e. The first-order chi connectivity index (χ1) is 11.4. The van der Waals surface area contributed by atoms with E-state index in [1.807, 2.05) is 0 Å². The lowest BCUT2D eigenvalue weighted by Crippen LogP contribution is -2.17. The second-order valence-corrected chi connectivity index (χ2v) is 6.81. The van der Waals surface area contributed by atoms with E-state index in [9.17, 15) is 19.8 Å². The Morgan fingerprint density at radius 2 is 1.04 bits per heavy atom. The van der Waals surface area contributed by atoms with E-state index < -0.39 is 11.9 Å². The van der Waals surface area contributed by atoms with Crippen LogP contribution in [0.3, 0.4) is 0 Å². The van der Waals surface area contributed by atoms with Crippen LogP contribution in [0.15, 0.2) is 11.1 Å². The molecular weight excluding hydrogens is 304 g/mol. The van der Waals surface area contributed by atoms with Crippen LogP contribution in [0.5, 0.6) is 0 Å². The van der Waals surface area contributed by atoms with Crippen LogP contribution < -0.4 is 0 Å². The Bertz CT molecular complexity index is 374. The van der Waals surface area contributed by atoms with Crippen molar-refractivity contribution in [1.29, 1.82) is 0 Å². The molecule has 0 aliphatic carbocycles. The molecule has 2 atom stereocenters. The molecule has 0 aromatic heterocycles. The Labute approximate surface area is 147 Å². The van der Waals surface area contributed by atoms with E-state index in [1.54, 1.807) is 0 Å². The molecule has 4 nitrogen and oxygen atoms in total. The van der Waals surface area contributed by atoms with Gasteiger partial charge < -0.3 is 10.2 Å². The molecule has 24 heavy (non-hydrogen) atoms. The van der Waals surface area contributed by atoms with E-state index in [-0.39, 0.29) is 23.0 Å². The fourth-order valence-electron chi connectivity index (χ4n) is 3.14. The minimum Gasteiger partial charge on any atom is -0.478 e. The van der Waals surface area contributed by atoms with E-state index in [0.717, 1.165) is 51.4 Å². The summed E-state index contributed by atoms with van der Waals surface area (Å²) >= 11 is 0. The molecule has 0 bridgehead atoms. The van der Waals surface area contributed by atoms with Crippen LogP contribution in [0.4, 0.5) is 0 Å². The van der Waals surface area contributed by atoms with Gasteiger partial charge in [0.05, 0.1) is 0 Å². The zero-order chi connectivity index (χ0) is 18.5. The summed E-state index contributed by atoms with van der Waals surface area (Å²) in [6.07, 6.45) is 8.70. The molecule has 0 aromatic rings. The molecule has 0 unspecified atom stereocenters. The van der Waals surface area contributed by atoms with Crippen molar-refractivity contribution in [2.75, 3.05) is 0 Å². The Morgan fingerprint density at radius 3 is 1.25 bits per heavy atom. The van der Waals surface area contributed by atoms with Gasteiger partial charge in [-0.25, -0.2) is 9.59 Å². The lowest BCUT2D eigenvalue weighted by atomic mass is 9.85. The van der Waals surface area contributed by atoms with Crippen molar-refractivity contribution in [3.63, 3.8) is 0 Å². The third-order valence-corrected chi connectivity index (χ3v) is 4.95. The summed E-state index contributed by atoms with van der Waals surface area (Å²) in [7, 11) is 0. The standard InChI is InChI=1S/C20H36O4/c1-5-9-11-15(7-3)13-17(19(21)22)18(20(23)24)14-16(8-4)12-10-6-2/h15-16H,5-14H2,1-4H3,(H,21,22)(H,23,24)/b18-17-/t15-,16-/m0/s1. The zero-order valence-electron chi connectivity index (χ0n) is 15.9. The second-order valence-electron chi connectivity index (χ2n) is 6.81. The van der Waals surface area contributed by atoms with Crippen molar-refractivity contribution in [2.45, 2.75) is 91.9 Å². The molecule has 0 aliphatic rings. The summed E-state index contributed by atoms with van der Waals surface area (Å²) < 4.78 is 0. The van der Waals surface area contributed by atoms with Gasteiger partial charge in [0, 0.05) is 11.1 Å². The first-order valence-electron chi connectivity index (χ1n) is 9.59. The van der Waals surface area contributed by atoms with Crippen LogP contribution in [0, 0.1) is 11.8 Å². The summed E-state index contributed by atoms with van der Waals surface area (Å²) in [6, 6.07) is 0. The van der Waals surface area contributed by atoms with Crippen molar-refractivity contribution < 1.29 is 19.8 Å². The molecule has 0 saturated heterocycles. The first-order valence-corrected chi connectivity index (χ1v) is 9.59. The van der Waals surface area contributed by atoms with Gasteiger partial charge in [0.15, 0.2) is 0 Å². The van der Waals surface area contributed by atoms with Crippen molar-refractivity contribution in [3.05, 3.63) is 11.1 Å². The third-order valence-electron chi connectivity index (χ3n) is 4.95. The lowest BCUT2D eigenvalue weighted by molar-refractivity contribution is -0.136. The highest BCUT2D eigenvalue weighted by Crippen LogP contribution is 2.29. The molecule has 0 spiro atoms. The van der Waals surface area contributed by atoms with E-state index in [0.29, 0.717) is 12.8 Å². The highest BCUT2D eigenvalue weighted by molar-refractivity contribution is 5.98. The van der Waals surface area contributed by atoms with Gasteiger partial charge in [-0.3, -0.25) is 0 Å². The first kappa shape index (κ1) is 22.7. The Morgan fingerprint density at radius 1 is 0.708 bits per heavy atom. The minimum atomic E-state index is -1.06. The molecule has 0 aliphatic heterocycles. The molecule has 0 amide bonds. The van der Waals surface area contributed by atoms with Crippen LogP contribution in [-0.2, 0) is 9.59 Å². The van der Waals surface area contributed by atoms with Crippen LogP contribution in [0.1, 0.15) is 91.9 Å². The van der Waals surface area contributed by atoms with Gasteiger partial charge in [-0.2, -0.15) is 0 Å². The number of carbonyl (C=O) groups is 2. The highest BCUT2D eigenvalue weighted by atomic mass is 16.4. The maximum atomic E-state index is 11.7. The predicted octanol–water partition coefficient (Wildman–Crippen LogP) is 5.67. The Kier molecular flexibility index (Phi) is 12.3. The van der Waals surface area contributed by atoms with Gasteiger partial charge in [0.2, 0.25) is 0 Å². The molecule has 2 N–H and O–H groups in total. The van der Waals surface area contributed by atoms with Crippen molar-refractivity contribution in [1.82, 2.24) is 0 Å².